The van der Waals surface area contributed by atoms with E-state index in [0.717, 1.165) is 32.7 Å². The monoisotopic (exact) mass is 534 g/mol. The van der Waals surface area contributed by atoms with Crippen LogP contribution in [0.5, 0.6) is 0 Å². The summed E-state index contributed by atoms with van der Waals surface area (Å²) in [7, 11) is -1.72. The fourth-order valence-corrected chi connectivity index (χ4v) is 4.78. The number of aromatic nitrogens is 1. The Labute approximate surface area is 196 Å². The maximum absolute atomic E-state index is 6.48. The summed E-state index contributed by atoms with van der Waals surface area (Å²) in [6, 6.07) is 17.4. The van der Waals surface area contributed by atoms with Crippen LogP contribution in [0.2, 0.25) is 18.1 Å². The Morgan fingerprint density at radius 1 is 1.00 bits per heavy atom. The molecule has 0 aliphatic rings. The third-order valence-corrected chi connectivity index (χ3v) is 11.6. The summed E-state index contributed by atoms with van der Waals surface area (Å²) < 4.78 is 7.76. The number of fused-ring (bicyclic) bond motifs is 1. The van der Waals surface area contributed by atoms with Gasteiger partial charge in [-0.2, -0.15) is 0 Å². The summed E-state index contributed by atoms with van der Waals surface area (Å²) in [6.07, 6.45) is 3.20. The normalized spacial score (nSPS) is 12.8. The molecule has 5 heteroatoms. The summed E-state index contributed by atoms with van der Waals surface area (Å²) in [6.45, 7) is 15.3. The van der Waals surface area contributed by atoms with E-state index in [2.05, 4.69) is 121 Å². The molecule has 162 valence electrons. The first kappa shape index (κ1) is 23.5. The van der Waals surface area contributed by atoms with Gasteiger partial charge >= 0.3 is 0 Å². The molecule has 3 aromatic rings. The summed E-state index contributed by atoms with van der Waals surface area (Å²) in [5.74, 6) is 0. The van der Waals surface area contributed by atoms with Gasteiger partial charge in [0.15, 0.2) is 8.32 Å². The van der Waals surface area contributed by atoms with Crippen molar-refractivity contribution in [3.8, 4) is 0 Å². The Bertz CT molecular complexity index is 944. The van der Waals surface area contributed by atoms with E-state index in [-0.39, 0.29) is 5.04 Å². The van der Waals surface area contributed by atoms with Crippen LogP contribution in [-0.2, 0) is 17.4 Å². The first-order valence-corrected chi connectivity index (χ1v) is 14.8. The van der Waals surface area contributed by atoms with Crippen molar-refractivity contribution in [2.24, 2.45) is 0 Å². The minimum atomic E-state index is -1.72. The lowest BCUT2D eigenvalue weighted by Crippen LogP contribution is -2.43. The molecule has 0 aliphatic carbocycles. The highest BCUT2D eigenvalue weighted by molar-refractivity contribution is 14.1. The number of nitrogens with zero attached hydrogens (tertiary/aromatic N) is 1. The van der Waals surface area contributed by atoms with Gasteiger partial charge in [-0.1, -0.05) is 51.1 Å². The molecule has 1 aromatic heterocycles. The van der Waals surface area contributed by atoms with Gasteiger partial charge in [-0.05, 0) is 76.5 Å². The van der Waals surface area contributed by atoms with E-state index in [9.17, 15) is 0 Å². The molecule has 3 nitrogen and oxygen atoms in total. The quantitative estimate of drug-likeness (QED) is 0.241. The molecule has 2 aromatic carbocycles. The van der Waals surface area contributed by atoms with Gasteiger partial charge < -0.3 is 9.41 Å². The molecule has 30 heavy (non-hydrogen) atoms. The Balaban J connectivity index is 1.66. The summed E-state index contributed by atoms with van der Waals surface area (Å²) >= 11 is 2.37. The van der Waals surface area contributed by atoms with Crippen molar-refractivity contribution in [2.45, 2.75) is 51.9 Å². The van der Waals surface area contributed by atoms with Gasteiger partial charge in [-0.25, -0.2) is 0 Å². The third-order valence-electron chi connectivity index (χ3n) is 6.37. The number of halogens is 1. The van der Waals surface area contributed by atoms with Crippen molar-refractivity contribution in [3.05, 3.63) is 69.4 Å². The van der Waals surface area contributed by atoms with E-state index in [0.29, 0.717) is 0 Å². The lowest BCUT2D eigenvalue weighted by Gasteiger charge is -2.37. The van der Waals surface area contributed by atoms with E-state index in [4.69, 9.17) is 4.43 Å². The standard InChI is InChI=1S/C25H35IN2OSi/c1-25(2,3)30(4,5)29-17-16-28(19-20-10-12-22(26)13-11-20)15-14-21-18-27-24-9-7-6-8-23(21)24/h6-13,18,27H,14-17,19H2,1-5H3. The second-order valence-electron chi connectivity index (χ2n) is 9.62. The third kappa shape index (κ3) is 6.19. The molecule has 0 fully saturated rings. The average Bonchev–Trinajstić information content (AvgIpc) is 3.10. The van der Waals surface area contributed by atoms with Crippen molar-refractivity contribution in [1.29, 1.82) is 0 Å². The van der Waals surface area contributed by atoms with Gasteiger partial charge in [0.05, 0.1) is 0 Å². The Kier molecular flexibility index (Phi) is 7.82. The van der Waals surface area contributed by atoms with Gasteiger partial charge in [0.2, 0.25) is 0 Å². The van der Waals surface area contributed by atoms with Crippen molar-refractivity contribution < 1.29 is 4.43 Å². The summed E-state index contributed by atoms with van der Waals surface area (Å²) in [4.78, 5) is 5.95. The van der Waals surface area contributed by atoms with Crippen LogP contribution < -0.4 is 0 Å². The number of benzene rings is 2. The lowest BCUT2D eigenvalue weighted by molar-refractivity contribution is 0.194. The second kappa shape index (κ2) is 9.98. The molecule has 1 N–H and O–H groups in total. The molecule has 1 heterocycles. The molecule has 0 aliphatic heterocycles. The molecule has 0 radical (unpaired) electrons. The molecular formula is C25H35IN2OSi. The van der Waals surface area contributed by atoms with Gasteiger partial charge in [-0.15, -0.1) is 0 Å². The predicted molar refractivity (Wildman–Crippen MR) is 140 cm³/mol. The number of hydrogen-bond donors (Lipinski definition) is 1. The van der Waals surface area contributed by atoms with E-state index >= 15 is 0 Å². The highest BCUT2D eigenvalue weighted by Gasteiger charge is 2.36. The number of hydrogen-bond acceptors (Lipinski definition) is 2. The van der Waals surface area contributed by atoms with Gasteiger partial charge in [-0.3, -0.25) is 4.90 Å². The predicted octanol–water partition coefficient (Wildman–Crippen LogP) is 6.84. The molecule has 0 bridgehead atoms. The Morgan fingerprint density at radius 2 is 1.70 bits per heavy atom. The number of nitrogens with one attached hydrogen (secondary N) is 1. The van der Waals surface area contributed by atoms with Crippen LogP contribution in [0.25, 0.3) is 10.9 Å². The Hall–Kier alpha value is -1.15. The molecule has 3 rings (SSSR count). The van der Waals surface area contributed by atoms with E-state index in [1.165, 1.54) is 25.6 Å². The average molecular weight is 535 g/mol. The van der Waals surface area contributed by atoms with Crippen LogP contribution in [0.15, 0.2) is 54.7 Å². The zero-order valence-electron chi connectivity index (χ0n) is 19.0. The van der Waals surface area contributed by atoms with Crippen LogP contribution in [0.1, 0.15) is 31.9 Å². The minimum Gasteiger partial charge on any atom is -0.416 e. The van der Waals surface area contributed by atoms with Crippen molar-refractivity contribution in [3.63, 3.8) is 0 Å². The van der Waals surface area contributed by atoms with Crippen LogP contribution in [-0.4, -0.2) is 37.9 Å². The van der Waals surface area contributed by atoms with Crippen molar-refractivity contribution in [1.82, 2.24) is 9.88 Å². The first-order valence-electron chi connectivity index (χ1n) is 10.8. The maximum atomic E-state index is 6.48. The van der Waals surface area contributed by atoms with Gasteiger partial charge in [0.1, 0.15) is 0 Å². The van der Waals surface area contributed by atoms with Crippen LogP contribution in [0, 0.1) is 3.57 Å². The first-order chi connectivity index (χ1) is 14.2. The Morgan fingerprint density at radius 3 is 2.40 bits per heavy atom. The zero-order valence-corrected chi connectivity index (χ0v) is 22.1. The largest absolute Gasteiger partial charge is 0.416 e. The fourth-order valence-electron chi connectivity index (χ4n) is 3.38. The zero-order chi connectivity index (χ0) is 21.8. The van der Waals surface area contributed by atoms with Crippen LogP contribution in [0.4, 0.5) is 0 Å². The van der Waals surface area contributed by atoms with E-state index in [1.54, 1.807) is 0 Å². The van der Waals surface area contributed by atoms with Crippen molar-refractivity contribution >= 4 is 41.8 Å². The maximum Gasteiger partial charge on any atom is 0.192 e. The molecule has 0 amide bonds. The number of rotatable bonds is 9. The number of para-hydroxylation sites is 1. The topological polar surface area (TPSA) is 28.3 Å². The molecule has 0 unspecified atom stereocenters. The molecule has 0 saturated heterocycles. The summed E-state index contributed by atoms with van der Waals surface area (Å²) in [5, 5.41) is 1.59. The minimum absolute atomic E-state index is 0.248. The van der Waals surface area contributed by atoms with Gasteiger partial charge in [0, 0.05) is 46.9 Å². The highest BCUT2D eigenvalue weighted by atomic mass is 127. The van der Waals surface area contributed by atoms with Crippen LogP contribution in [0.3, 0.4) is 0 Å². The number of aromatic amines is 1. The molecule has 0 atom stereocenters. The fraction of sp³-hybridized carbons (Fsp3) is 0.440. The van der Waals surface area contributed by atoms with Gasteiger partial charge in [0.25, 0.3) is 0 Å². The molecule has 0 spiro atoms. The second-order valence-corrected chi connectivity index (χ2v) is 15.7. The summed E-state index contributed by atoms with van der Waals surface area (Å²) in [5.41, 5.74) is 3.98. The molecule has 0 saturated carbocycles. The van der Waals surface area contributed by atoms with E-state index in [1.807, 2.05) is 0 Å². The smallest absolute Gasteiger partial charge is 0.192 e. The molecular weight excluding hydrogens is 499 g/mol. The SMILES string of the molecule is CC(C)(C)[Si](C)(C)OCCN(CCc1c[nH]c2ccccc12)Cc1ccc(I)cc1. The highest BCUT2D eigenvalue weighted by Crippen LogP contribution is 2.36. The van der Waals surface area contributed by atoms with Crippen molar-refractivity contribution in [2.75, 3.05) is 19.7 Å². The lowest BCUT2D eigenvalue weighted by atomic mass is 10.1. The van der Waals surface area contributed by atoms with Crippen LogP contribution >= 0.6 is 22.6 Å². The number of H-pyrrole nitrogens is 1. The van der Waals surface area contributed by atoms with E-state index < -0.39 is 8.32 Å².